The number of rotatable bonds is 7. The number of nitrogens with zero attached hydrogens (tertiary/aromatic N) is 3. The van der Waals surface area contributed by atoms with E-state index in [9.17, 15) is 18.3 Å². The van der Waals surface area contributed by atoms with E-state index in [1.54, 1.807) is 10.9 Å². The Morgan fingerprint density at radius 1 is 1.21 bits per heavy atom. The van der Waals surface area contributed by atoms with Gasteiger partial charge in [-0.2, -0.15) is 18.3 Å². The average Bonchev–Trinajstić information content (AvgIpc) is 2.91. The summed E-state index contributed by atoms with van der Waals surface area (Å²) in [5.74, 6) is 0. The van der Waals surface area contributed by atoms with Gasteiger partial charge in [0.25, 0.3) is 0 Å². The second-order valence-electron chi connectivity index (χ2n) is 5.90. The Bertz CT molecular complexity index is 637. The first kappa shape index (κ1) is 18.5. The number of likely N-dealkylation sites (N-methyl/N-ethyl adjacent to an activating group) is 1. The lowest BCUT2D eigenvalue weighted by atomic mass is 10.1. The first-order valence-electron chi connectivity index (χ1n) is 7.82. The molecule has 132 valence electrons. The zero-order valence-corrected chi connectivity index (χ0v) is 13.8. The van der Waals surface area contributed by atoms with Crippen LogP contribution in [-0.4, -0.2) is 39.0 Å². The molecule has 0 spiro atoms. The van der Waals surface area contributed by atoms with E-state index >= 15 is 0 Å². The molecule has 0 aliphatic rings. The highest BCUT2D eigenvalue weighted by molar-refractivity contribution is 5.25. The van der Waals surface area contributed by atoms with Crippen LogP contribution in [0.25, 0.3) is 0 Å². The van der Waals surface area contributed by atoms with Crippen LogP contribution in [0.2, 0.25) is 0 Å². The van der Waals surface area contributed by atoms with Crippen LogP contribution in [-0.2, 0) is 26.2 Å². The van der Waals surface area contributed by atoms with Crippen molar-refractivity contribution < 1.29 is 18.3 Å². The Morgan fingerprint density at radius 3 is 2.38 bits per heavy atom. The fourth-order valence-electron chi connectivity index (χ4n) is 2.58. The normalized spacial score (nSPS) is 13.5. The summed E-state index contributed by atoms with van der Waals surface area (Å²) in [5.41, 5.74) is 1.07. The van der Waals surface area contributed by atoms with Crippen LogP contribution in [0.3, 0.4) is 0 Å². The van der Waals surface area contributed by atoms with Crippen molar-refractivity contribution in [2.45, 2.75) is 32.2 Å². The minimum atomic E-state index is -4.33. The molecular formula is C17H22F3N3O. The molecule has 0 amide bonds. The number of hydrogen-bond donors (Lipinski definition) is 1. The maximum Gasteiger partial charge on any atom is 0.416 e. The number of hydrogen-bond acceptors (Lipinski definition) is 3. The van der Waals surface area contributed by atoms with E-state index in [1.807, 2.05) is 20.2 Å². The molecule has 0 saturated carbocycles. The smallest absolute Gasteiger partial charge is 0.391 e. The fourth-order valence-corrected chi connectivity index (χ4v) is 2.58. The summed E-state index contributed by atoms with van der Waals surface area (Å²) >= 11 is 0. The zero-order chi connectivity index (χ0) is 17.7. The number of aliphatic hydroxyl groups excluding tert-OH is 1. The molecule has 1 heterocycles. The Morgan fingerprint density at radius 2 is 1.88 bits per heavy atom. The molecule has 2 rings (SSSR count). The van der Waals surface area contributed by atoms with E-state index < -0.39 is 17.8 Å². The highest BCUT2D eigenvalue weighted by Crippen LogP contribution is 2.29. The van der Waals surface area contributed by atoms with Gasteiger partial charge in [-0.05, 0) is 30.7 Å². The first-order chi connectivity index (χ1) is 11.3. The fraction of sp³-hybridized carbons (Fsp3) is 0.471. The second-order valence-corrected chi connectivity index (χ2v) is 5.90. The van der Waals surface area contributed by atoms with E-state index in [-0.39, 0.29) is 0 Å². The van der Waals surface area contributed by atoms with Gasteiger partial charge in [0.05, 0.1) is 17.9 Å². The quantitative estimate of drug-likeness (QED) is 0.842. The molecular weight excluding hydrogens is 319 g/mol. The van der Waals surface area contributed by atoms with Crippen molar-refractivity contribution in [1.82, 2.24) is 14.7 Å². The standard InChI is InChI=1S/C17H22F3N3O/c1-3-23(11-14-9-21-22(2)10-14)12-16(24)8-13-4-6-15(7-5-13)17(18,19)20/h4-7,9-10,16,24H,3,8,11-12H2,1-2H3. The number of aromatic nitrogens is 2. The van der Waals surface area contributed by atoms with Crippen molar-refractivity contribution >= 4 is 0 Å². The SMILES string of the molecule is CCN(Cc1cnn(C)c1)CC(O)Cc1ccc(C(F)(F)F)cc1. The molecule has 1 unspecified atom stereocenters. The molecule has 0 bridgehead atoms. The van der Waals surface area contributed by atoms with Gasteiger partial charge in [-0.25, -0.2) is 0 Å². The Balaban J connectivity index is 1.90. The van der Waals surface area contributed by atoms with Crippen LogP contribution in [0.1, 0.15) is 23.6 Å². The maximum atomic E-state index is 12.5. The van der Waals surface area contributed by atoms with Gasteiger partial charge in [0.1, 0.15) is 0 Å². The first-order valence-corrected chi connectivity index (χ1v) is 7.82. The lowest BCUT2D eigenvalue weighted by Gasteiger charge is -2.23. The third-order valence-corrected chi connectivity index (χ3v) is 3.83. The number of halogens is 3. The van der Waals surface area contributed by atoms with E-state index in [0.29, 0.717) is 25.1 Å². The minimum absolute atomic E-state index is 0.321. The van der Waals surface area contributed by atoms with Gasteiger partial charge in [-0.3, -0.25) is 9.58 Å². The zero-order valence-electron chi connectivity index (χ0n) is 13.8. The molecule has 0 saturated heterocycles. The monoisotopic (exact) mass is 341 g/mol. The summed E-state index contributed by atoms with van der Waals surface area (Å²) in [6.07, 6.45) is -0.949. The number of alkyl halides is 3. The molecule has 2 aromatic rings. The molecule has 4 nitrogen and oxygen atoms in total. The number of aryl methyl sites for hydroxylation is 1. The van der Waals surface area contributed by atoms with Crippen molar-refractivity contribution in [2.75, 3.05) is 13.1 Å². The van der Waals surface area contributed by atoms with E-state index in [2.05, 4.69) is 10.00 Å². The van der Waals surface area contributed by atoms with Crippen molar-refractivity contribution in [1.29, 1.82) is 0 Å². The van der Waals surface area contributed by atoms with Gasteiger partial charge < -0.3 is 5.11 Å². The summed E-state index contributed by atoms with van der Waals surface area (Å²) in [6.45, 7) is 3.89. The molecule has 0 fully saturated rings. The summed E-state index contributed by atoms with van der Waals surface area (Å²) in [5, 5.41) is 14.3. The molecule has 1 atom stereocenters. The second kappa shape index (κ2) is 7.81. The highest BCUT2D eigenvalue weighted by Gasteiger charge is 2.30. The largest absolute Gasteiger partial charge is 0.416 e. The highest BCUT2D eigenvalue weighted by atomic mass is 19.4. The van der Waals surface area contributed by atoms with E-state index in [1.165, 1.54) is 12.1 Å². The van der Waals surface area contributed by atoms with E-state index in [0.717, 1.165) is 24.2 Å². The lowest BCUT2D eigenvalue weighted by Crippen LogP contribution is -2.33. The van der Waals surface area contributed by atoms with Crippen LogP contribution in [0.5, 0.6) is 0 Å². The molecule has 1 aromatic heterocycles. The Hall–Kier alpha value is -1.86. The van der Waals surface area contributed by atoms with Gasteiger partial charge in [-0.1, -0.05) is 19.1 Å². The molecule has 24 heavy (non-hydrogen) atoms. The Kier molecular flexibility index (Phi) is 6.01. The molecule has 1 aromatic carbocycles. The van der Waals surface area contributed by atoms with Crippen molar-refractivity contribution in [3.05, 3.63) is 53.3 Å². The number of benzene rings is 1. The van der Waals surface area contributed by atoms with Crippen molar-refractivity contribution in [3.63, 3.8) is 0 Å². The molecule has 0 radical (unpaired) electrons. The number of aliphatic hydroxyl groups is 1. The summed E-state index contributed by atoms with van der Waals surface area (Å²) in [7, 11) is 1.85. The van der Waals surface area contributed by atoms with Crippen LogP contribution >= 0.6 is 0 Å². The molecule has 0 aliphatic carbocycles. The van der Waals surface area contributed by atoms with Crippen LogP contribution in [0.4, 0.5) is 13.2 Å². The van der Waals surface area contributed by atoms with Crippen molar-refractivity contribution in [2.24, 2.45) is 7.05 Å². The maximum absolute atomic E-state index is 12.5. The molecule has 1 N–H and O–H groups in total. The summed E-state index contributed by atoms with van der Waals surface area (Å²) in [6, 6.07) is 4.94. The van der Waals surface area contributed by atoms with Gasteiger partial charge in [0.2, 0.25) is 0 Å². The Labute approximate surface area is 139 Å². The molecule has 0 aliphatic heterocycles. The van der Waals surface area contributed by atoms with Crippen LogP contribution < -0.4 is 0 Å². The van der Waals surface area contributed by atoms with Gasteiger partial charge in [-0.15, -0.1) is 0 Å². The molecule has 7 heteroatoms. The van der Waals surface area contributed by atoms with Crippen LogP contribution in [0.15, 0.2) is 36.7 Å². The van der Waals surface area contributed by atoms with E-state index in [4.69, 9.17) is 0 Å². The third-order valence-electron chi connectivity index (χ3n) is 3.83. The van der Waals surface area contributed by atoms with Gasteiger partial charge in [0.15, 0.2) is 0 Å². The predicted octanol–water partition coefficient (Wildman–Crippen LogP) is 2.86. The van der Waals surface area contributed by atoms with Gasteiger partial charge >= 0.3 is 6.18 Å². The van der Waals surface area contributed by atoms with Crippen LogP contribution in [0, 0.1) is 0 Å². The minimum Gasteiger partial charge on any atom is -0.391 e. The predicted molar refractivity (Wildman–Crippen MR) is 85.3 cm³/mol. The third kappa shape index (κ3) is 5.35. The lowest BCUT2D eigenvalue weighted by molar-refractivity contribution is -0.137. The average molecular weight is 341 g/mol. The van der Waals surface area contributed by atoms with Gasteiger partial charge in [0, 0.05) is 31.9 Å². The summed E-state index contributed by atoms with van der Waals surface area (Å²) < 4.78 is 39.4. The van der Waals surface area contributed by atoms with Crippen molar-refractivity contribution in [3.8, 4) is 0 Å². The summed E-state index contributed by atoms with van der Waals surface area (Å²) in [4.78, 5) is 2.08. The topological polar surface area (TPSA) is 41.3 Å².